The highest BCUT2D eigenvalue weighted by molar-refractivity contribution is 7.99. The van der Waals surface area contributed by atoms with Crippen molar-refractivity contribution in [1.82, 2.24) is 19.6 Å². The highest BCUT2D eigenvalue weighted by Crippen LogP contribution is 2.39. The maximum atomic E-state index is 6.11. The van der Waals surface area contributed by atoms with Crippen LogP contribution < -0.4 is 5.32 Å². The third-order valence-electron chi connectivity index (χ3n) is 4.81. The fraction of sp³-hybridized carbons (Fsp3) is 0.667. The molecule has 0 unspecified atom stereocenters. The maximum Gasteiger partial charge on any atom is 0.254 e. The molecular weight excluding hydrogens is 298 g/mol. The number of hydrogen-bond acceptors (Lipinski definition) is 6. The SMILES string of the molecule is Cc1nc2ncnn2c(N[C@H]2CCO[C@]3(CCSC3)C2)c1C. The van der Waals surface area contributed by atoms with Crippen molar-refractivity contribution in [3.05, 3.63) is 17.6 Å². The Morgan fingerprint density at radius 2 is 2.36 bits per heavy atom. The Morgan fingerprint density at radius 1 is 1.45 bits per heavy atom. The lowest BCUT2D eigenvalue weighted by atomic mass is 9.90. The van der Waals surface area contributed by atoms with Crippen molar-refractivity contribution >= 4 is 23.4 Å². The average molecular weight is 319 g/mol. The number of aromatic nitrogens is 4. The second-order valence-electron chi connectivity index (χ2n) is 6.31. The summed E-state index contributed by atoms with van der Waals surface area (Å²) in [6, 6.07) is 0.417. The molecule has 2 atom stereocenters. The number of thioether (sulfide) groups is 1. The molecule has 1 spiro atoms. The highest BCUT2D eigenvalue weighted by Gasteiger charge is 2.40. The molecule has 2 aromatic heterocycles. The maximum absolute atomic E-state index is 6.11. The Bertz CT molecular complexity index is 695. The molecule has 0 radical (unpaired) electrons. The average Bonchev–Trinajstić information content (AvgIpc) is 3.14. The van der Waals surface area contributed by atoms with Crippen LogP contribution in [0.5, 0.6) is 0 Å². The third-order valence-corrected chi connectivity index (χ3v) is 6.03. The van der Waals surface area contributed by atoms with Crippen LogP contribution in [0.15, 0.2) is 6.33 Å². The standard InChI is InChI=1S/C15H21N5OS/c1-10-11(2)18-14-16-9-17-20(14)13(10)19-12-3-5-21-15(7-12)4-6-22-8-15/h9,12,19H,3-8H2,1-2H3/t12-,15+/m0/s1. The number of nitrogens with one attached hydrogen (secondary N) is 1. The monoisotopic (exact) mass is 319 g/mol. The molecule has 4 heterocycles. The van der Waals surface area contributed by atoms with Gasteiger partial charge < -0.3 is 10.1 Å². The predicted octanol–water partition coefficient (Wildman–Crippen LogP) is 2.21. The van der Waals surface area contributed by atoms with E-state index >= 15 is 0 Å². The molecule has 0 saturated carbocycles. The number of aryl methyl sites for hydroxylation is 1. The van der Waals surface area contributed by atoms with Crippen LogP contribution in [-0.4, -0.2) is 49.3 Å². The Hall–Kier alpha value is -1.34. The van der Waals surface area contributed by atoms with E-state index in [2.05, 4.69) is 27.3 Å². The first-order valence-corrected chi connectivity index (χ1v) is 8.98. The number of hydrogen-bond donors (Lipinski definition) is 1. The molecule has 2 aliphatic heterocycles. The van der Waals surface area contributed by atoms with Gasteiger partial charge in [0.15, 0.2) is 0 Å². The minimum absolute atomic E-state index is 0.0814. The minimum Gasteiger partial charge on any atom is -0.374 e. The zero-order valence-corrected chi connectivity index (χ0v) is 13.8. The van der Waals surface area contributed by atoms with Gasteiger partial charge in [0.1, 0.15) is 12.1 Å². The molecular formula is C15H21N5OS. The van der Waals surface area contributed by atoms with Gasteiger partial charge in [-0.2, -0.15) is 26.4 Å². The van der Waals surface area contributed by atoms with Crippen molar-refractivity contribution in [2.45, 2.75) is 44.8 Å². The van der Waals surface area contributed by atoms with Gasteiger partial charge >= 0.3 is 0 Å². The summed E-state index contributed by atoms with van der Waals surface area (Å²) in [5.41, 5.74) is 2.22. The van der Waals surface area contributed by atoms with Crippen LogP contribution in [0.25, 0.3) is 5.78 Å². The van der Waals surface area contributed by atoms with Crippen molar-refractivity contribution in [3.63, 3.8) is 0 Å². The van der Waals surface area contributed by atoms with Gasteiger partial charge in [-0.25, -0.2) is 4.98 Å². The van der Waals surface area contributed by atoms with E-state index in [1.807, 2.05) is 23.2 Å². The summed E-state index contributed by atoms with van der Waals surface area (Å²) < 4.78 is 7.93. The van der Waals surface area contributed by atoms with Crippen LogP contribution in [0.4, 0.5) is 5.82 Å². The number of ether oxygens (including phenoxy) is 1. The Morgan fingerprint density at radius 3 is 3.18 bits per heavy atom. The van der Waals surface area contributed by atoms with Gasteiger partial charge in [-0.15, -0.1) is 0 Å². The lowest BCUT2D eigenvalue weighted by Gasteiger charge is -2.38. The Kier molecular flexibility index (Phi) is 3.49. The zero-order chi connectivity index (χ0) is 15.2. The van der Waals surface area contributed by atoms with Gasteiger partial charge in [0.2, 0.25) is 0 Å². The van der Waals surface area contributed by atoms with Crippen LogP contribution in [0.3, 0.4) is 0 Å². The molecule has 1 N–H and O–H groups in total. The molecule has 0 bridgehead atoms. The molecule has 7 heteroatoms. The normalized spacial score (nSPS) is 28.5. The summed E-state index contributed by atoms with van der Waals surface area (Å²) >= 11 is 2.01. The lowest BCUT2D eigenvalue weighted by Crippen LogP contribution is -2.44. The van der Waals surface area contributed by atoms with E-state index in [9.17, 15) is 0 Å². The summed E-state index contributed by atoms with van der Waals surface area (Å²) in [7, 11) is 0. The quantitative estimate of drug-likeness (QED) is 0.915. The fourth-order valence-electron chi connectivity index (χ4n) is 3.41. The van der Waals surface area contributed by atoms with E-state index in [-0.39, 0.29) is 5.60 Å². The molecule has 6 nitrogen and oxygen atoms in total. The molecule has 0 aliphatic carbocycles. The molecule has 22 heavy (non-hydrogen) atoms. The molecule has 2 aliphatic rings. The first-order valence-electron chi connectivity index (χ1n) is 7.82. The van der Waals surface area contributed by atoms with E-state index in [0.29, 0.717) is 11.8 Å². The molecule has 2 aromatic rings. The summed E-state index contributed by atoms with van der Waals surface area (Å²) in [6.45, 7) is 4.95. The lowest BCUT2D eigenvalue weighted by molar-refractivity contribution is -0.0628. The van der Waals surface area contributed by atoms with Crippen molar-refractivity contribution in [2.24, 2.45) is 0 Å². The van der Waals surface area contributed by atoms with Crippen molar-refractivity contribution in [2.75, 3.05) is 23.4 Å². The van der Waals surface area contributed by atoms with E-state index < -0.39 is 0 Å². The van der Waals surface area contributed by atoms with E-state index in [1.165, 1.54) is 12.2 Å². The van der Waals surface area contributed by atoms with E-state index in [4.69, 9.17) is 4.74 Å². The number of nitrogens with zero attached hydrogens (tertiary/aromatic N) is 4. The fourth-order valence-corrected chi connectivity index (χ4v) is 4.79. The van der Waals surface area contributed by atoms with Gasteiger partial charge in [-0.3, -0.25) is 0 Å². The van der Waals surface area contributed by atoms with Crippen molar-refractivity contribution in [3.8, 4) is 0 Å². The zero-order valence-electron chi connectivity index (χ0n) is 13.0. The van der Waals surface area contributed by atoms with E-state index in [1.54, 1.807) is 6.33 Å². The van der Waals surface area contributed by atoms with Gasteiger partial charge in [-0.1, -0.05) is 0 Å². The second kappa shape index (κ2) is 5.38. The molecule has 4 rings (SSSR count). The first kappa shape index (κ1) is 14.3. The van der Waals surface area contributed by atoms with Gasteiger partial charge in [0, 0.05) is 29.7 Å². The Balaban J connectivity index is 1.63. The van der Waals surface area contributed by atoms with Crippen molar-refractivity contribution in [1.29, 1.82) is 0 Å². The topological polar surface area (TPSA) is 64.3 Å². The van der Waals surface area contributed by atoms with Crippen LogP contribution >= 0.6 is 11.8 Å². The molecule has 118 valence electrons. The largest absolute Gasteiger partial charge is 0.374 e. The van der Waals surface area contributed by atoms with Crippen LogP contribution in [0, 0.1) is 13.8 Å². The minimum atomic E-state index is 0.0814. The van der Waals surface area contributed by atoms with Gasteiger partial charge in [0.25, 0.3) is 5.78 Å². The molecule has 2 saturated heterocycles. The number of rotatable bonds is 2. The van der Waals surface area contributed by atoms with Crippen molar-refractivity contribution < 1.29 is 4.74 Å². The molecule has 0 amide bonds. The van der Waals surface area contributed by atoms with Gasteiger partial charge in [-0.05, 0) is 38.9 Å². The third kappa shape index (κ3) is 2.36. The molecule has 2 fully saturated rings. The second-order valence-corrected chi connectivity index (χ2v) is 7.42. The first-order chi connectivity index (χ1) is 10.7. The summed E-state index contributed by atoms with van der Waals surface area (Å²) in [6.07, 6.45) is 4.83. The smallest absolute Gasteiger partial charge is 0.254 e. The van der Waals surface area contributed by atoms with Crippen LogP contribution in [0.1, 0.15) is 30.5 Å². The van der Waals surface area contributed by atoms with E-state index in [0.717, 1.165) is 42.3 Å². The highest BCUT2D eigenvalue weighted by atomic mass is 32.2. The van der Waals surface area contributed by atoms with Gasteiger partial charge in [0.05, 0.1) is 5.60 Å². The predicted molar refractivity (Wildman–Crippen MR) is 87.5 cm³/mol. The van der Waals surface area contributed by atoms with Crippen LogP contribution in [-0.2, 0) is 4.74 Å². The molecule has 0 aromatic carbocycles. The summed E-state index contributed by atoms with van der Waals surface area (Å²) in [4.78, 5) is 8.70. The summed E-state index contributed by atoms with van der Waals surface area (Å²) in [5, 5.41) is 8.02. The summed E-state index contributed by atoms with van der Waals surface area (Å²) in [5.74, 6) is 4.02. The Labute approximate surface area is 134 Å². The number of fused-ring (bicyclic) bond motifs is 1. The number of anilines is 1. The van der Waals surface area contributed by atoms with Crippen LogP contribution in [0.2, 0.25) is 0 Å².